The Morgan fingerprint density at radius 2 is 1.62 bits per heavy atom. The molecule has 0 radical (unpaired) electrons. The number of carbonyl (C=O) groups excluding carboxylic acids is 2. The molecule has 2 heterocycles. The summed E-state index contributed by atoms with van der Waals surface area (Å²) in [5.74, 6) is -0.819. The Kier molecular flexibility index (Phi) is 7.15. The van der Waals surface area contributed by atoms with Gasteiger partial charge in [-0.1, -0.05) is 72.6 Å². The van der Waals surface area contributed by atoms with E-state index < -0.39 is 5.91 Å². The van der Waals surface area contributed by atoms with Crippen molar-refractivity contribution in [3.8, 4) is 0 Å². The molecule has 1 aromatic heterocycles. The Balaban J connectivity index is 1.60. The van der Waals surface area contributed by atoms with Crippen LogP contribution in [-0.4, -0.2) is 32.9 Å². The van der Waals surface area contributed by atoms with Gasteiger partial charge in [0.1, 0.15) is 5.57 Å². The van der Waals surface area contributed by atoms with E-state index in [9.17, 15) is 9.59 Å². The van der Waals surface area contributed by atoms with Crippen LogP contribution in [0.25, 0.3) is 17.0 Å². The number of amides is 2. The summed E-state index contributed by atoms with van der Waals surface area (Å²) in [5, 5.41) is 2.11. The summed E-state index contributed by atoms with van der Waals surface area (Å²) in [7, 11) is 0. The Morgan fingerprint density at radius 1 is 0.892 bits per heavy atom. The predicted octanol–water partition coefficient (Wildman–Crippen LogP) is 6.95. The normalized spacial score (nSPS) is 15.3. The van der Waals surface area contributed by atoms with Crippen LogP contribution in [0, 0.1) is 0 Å². The van der Waals surface area contributed by atoms with Gasteiger partial charge < -0.3 is 4.57 Å². The minimum Gasteiger partial charge on any atom is -0.342 e. The first-order valence-electron chi connectivity index (χ1n) is 11.9. The van der Waals surface area contributed by atoms with Crippen molar-refractivity contribution in [1.82, 2.24) is 9.47 Å². The lowest BCUT2D eigenvalue weighted by Crippen LogP contribution is -2.56. The summed E-state index contributed by atoms with van der Waals surface area (Å²) in [6.07, 6.45) is 4.34. The number of nitrogens with zero attached hydrogens (tertiary/aromatic N) is 3. The fraction of sp³-hybridized carbons (Fsp3) is 0.138. The van der Waals surface area contributed by atoms with Crippen molar-refractivity contribution >= 4 is 75.0 Å². The maximum atomic E-state index is 13.7. The number of benzene rings is 3. The summed E-state index contributed by atoms with van der Waals surface area (Å²) in [4.78, 5) is 30.1. The van der Waals surface area contributed by atoms with Crippen LogP contribution in [0.4, 0.5) is 5.69 Å². The standard InChI is InChI=1S/C29H23Cl2N3O2S/c1-2-14-33-27(35)23(28(36)34(29(33)37)21-8-4-3-5-9-21)16-20-18-32(26-11-7-6-10-22(20)26)17-19-12-13-24(30)25(31)15-19/h3-13,15-16,18H,2,14,17H2,1H3. The summed E-state index contributed by atoms with van der Waals surface area (Å²) in [6, 6.07) is 22.6. The lowest BCUT2D eigenvalue weighted by Gasteiger charge is -2.36. The van der Waals surface area contributed by atoms with Gasteiger partial charge >= 0.3 is 0 Å². The smallest absolute Gasteiger partial charge is 0.270 e. The number of rotatable bonds is 6. The van der Waals surface area contributed by atoms with Gasteiger partial charge in [0, 0.05) is 35.8 Å². The molecule has 2 amide bonds. The largest absolute Gasteiger partial charge is 0.342 e. The first-order valence-corrected chi connectivity index (χ1v) is 13.0. The lowest BCUT2D eigenvalue weighted by atomic mass is 10.0. The van der Waals surface area contributed by atoms with Gasteiger partial charge in [-0.3, -0.25) is 19.4 Å². The number of aromatic nitrogens is 1. The second kappa shape index (κ2) is 10.5. The summed E-state index contributed by atoms with van der Waals surface area (Å²) in [6.45, 7) is 2.94. The molecule has 1 aliphatic heterocycles. The third-order valence-corrected chi connectivity index (χ3v) is 7.39. The van der Waals surface area contributed by atoms with E-state index in [2.05, 4.69) is 4.57 Å². The van der Waals surface area contributed by atoms with E-state index in [-0.39, 0.29) is 16.6 Å². The third kappa shape index (κ3) is 4.80. The number of fused-ring (bicyclic) bond motifs is 1. The number of thiocarbonyl (C=S) groups is 1. The van der Waals surface area contributed by atoms with Crippen molar-refractivity contribution in [3.05, 3.63) is 106 Å². The van der Waals surface area contributed by atoms with Gasteiger partial charge in [0.25, 0.3) is 11.8 Å². The number of halogens is 2. The zero-order chi connectivity index (χ0) is 26.1. The second-order valence-electron chi connectivity index (χ2n) is 8.75. The highest BCUT2D eigenvalue weighted by Gasteiger charge is 2.40. The van der Waals surface area contributed by atoms with Crippen molar-refractivity contribution in [2.45, 2.75) is 19.9 Å². The fourth-order valence-corrected chi connectivity index (χ4v) is 5.20. The van der Waals surface area contributed by atoms with Crippen LogP contribution in [0.5, 0.6) is 0 Å². The van der Waals surface area contributed by atoms with Crippen LogP contribution >= 0.6 is 35.4 Å². The number of carbonyl (C=O) groups is 2. The molecule has 0 atom stereocenters. The molecule has 0 N–H and O–H groups in total. The van der Waals surface area contributed by atoms with E-state index in [1.54, 1.807) is 12.1 Å². The molecule has 0 aliphatic carbocycles. The minimum atomic E-state index is -0.435. The lowest BCUT2D eigenvalue weighted by molar-refractivity contribution is -0.127. The van der Waals surface area contributed by atoms with Gasteiger partial charge in [-0.25, -0.2) is 0 Å². The molecular weight excluding hydrogens is 525 g/mol. The zero-order valence-corrected chi connectivity index (χ0v) is 22.4. The van der Waals surface area contributed by atoms with Gasteiger partial charge in [-0.05, 0) is 60.6 Å². The molecule has 1 aliphatic rings. The highest BCUT2D eigenvalue weighted by Crippen LogP contribution is 2.30. The highest BCUT2D eigenvalue weighted by molar-refractivity contribution is 7.80. The van der Waals surface area contributed by atoms with Crippen molar-refractivity contribution in [3.63, 3.8) is 0 Å². The van der Waals surface area contributed by atoms with Crippen LogP contribution in [-0.2, 0) is 16.1 Å². The van der Waals surface area contributed by atoms with Crippen LogP contribution in [0.1, 0.15) is 24.5 Å². The molecule has 5 rings (SSSR count). The molecule has 0 spiro atoms. The van der Waals surface area contributed by atoms with Crippen LogP contribution in [0.2, 0.25) is 10.0 Å². The second-order valence-corrected chi connectivity index (χ2v) is 9.93. The number of para-hydroxylation sites is 2. The minimum absolute atomic E-state index is 0.0725. The Hall–Kier alpha value is -3.45. The quantitative estimate of drug-likeness (QED) is 0.149. The fourth-order valence-electron chi connectivity index (χ4n) is 4.51. The van der Waals surface area contributed by atoms with Crippen LogP contribution < -0.4 is 4.90 Å². The molecule has 3 aromatic carbocycles. The monoisotopic (exact) mass is 547 g/mol. The zero-order valence-electron chi connectivity index (χ0n) is 20.0. The molecule has 1 saturated heterocycles. The van der Waals surface area contributed by atoms with Crippen molar-refractivity contribution in [2.24, 2.45) is 0 Å². The number of hydrogen-bond donors (Lipinski definition) is 0. The van der Waals surface area contributed by atoms with Gasteiger partial charge in [0.2, 0.25) is 0 Å². The third-order valence-electron chi connectivity index (χ3n) is 6.25. The van der Waals surface area contributed by atoms with E-state index in [4.69, 9.17) is 35.4 Å². The number of hydrogen-bond acceptors (Lipinski definition) is 3. The first kappa shape index (κ1) is 25.2. The van der Waals surface area contributed by atoms with E-state index in [0.29, 0.717) is 35.2 Å². The van der Waals surface area contributed by atoms with Crippen molar-refractivity contribution in [1.29, 1.82) is 0 Å². The predicted molar refractivity (Wildman–Crippen MR) is 154 cm³/mol. The average molecular weight is 548 g/mol. The molecule has 8 heteroatoms. The Labute approximate surface area is 230 Å². The molecule has 186 valence electrons. The van der Waals surface area contributed by atoms with Crippen LogP contribution in [0.3, 0.4) is 0 Å². The molecule has 37 heavy (non-hydrogen) atoms. The van der Waals surface area contributed by atoms with Crippen molar-refractivity contribution < 1.29 is 9.59 Å². The maximum absolute atomic E-state index is 13.7. The topological polar surface area (TPSA) is 45.6 Å². The SMILES string of the molecule is CCCN1C(=O)C(=Cc2cn(Cc3ccc(Cl)c(Cl)c3)c3ccccc23)C(=O)N(c2ccccc2)C1=S. The van der Waals surface area contributed by atoms with E-state index in [1.165, 1.54) is 9.80 Å². The molecule has 4 aromatic rings. The van der Waals surface area contributed by atoms with Gasteiger partial charge in [-0.15, -0.1) is 0 Å². The molecule has 1 fully saturated rings. The van der Waals surface area contributed by atoms with Gasteiger partial charge in [0.15, 0.2) is 5.11 Å². The van der Waals surface area contributed by atoms with Gasteiger partial charge in [0.05, 0.1) is 15.7 Å². The molecular formula is C29H23Cl2N3O2S. The van der Waals surface area contributed by atoms with E-state index in [1.807, 2.05) is 79.9 Å². The Morgan fingerprint density at radius 3 is 2.35 bits per heavy atom. The first-order chi connectivity index (χ1) is 17.9. The summed E-state index contributed by atoms with van der Waals surface area (Å²) in [5.41, 5.74) is 3.41. The highest BCUT2D eigenvalue weighted by atomic mass is 35.5. The van der Waals surface area contributed by atoms with Crippen molar-refractivity contribution in [2.75, 3.05) is 11.4 Å². The summed E-state index contributed by atoms with van der Waals surface area (Å²) >= 11 is 17.9. The number of anilines is 1. The molecule has 0 unspecified atom stereocenters. The molecule has 0 bridgehead atoms. The van der Waals surface area contributed by atoms with Gasteiger partial charge in [-0.2, -0.15) is 0 Å². The maximum Gasteiger partial charge on any atom is 0.270 e. The van der Waals surface area contributed by atoms with E-state index in [0.717, 1.165) is 22.0 Å². The molecule has 5 nitrogen and oxygen atoms in total. The molecule has 0 saturated carbocycles. The Bertz CT molecular complexity index is 1560. The summed E-state index contributed by atoms with van der Waals surface area (Å²) < 4.78 is 2.07. The average Bonchev–Trinajstić information content (AvgIpc) is 3.24. The van der Waals surface area contributed by atoms with Crippen LogP contribution in [0.15, 0.2) is 84.6 Å². The van der Waals surface area contributed by atoms with E-state index >= 15 is 0 Å².